The molecular formula is C24H27N3OS. The summed E-state index contributed by atoms with van der Waals surface area (Å²) < 4.78 is 2.31. The Morgan fingerprint density at radius 1 is 1.14 bits per heavy atom. The second-order valence-corrected chi connectivity index (χ2v) is 9.43. The molecule has 5 heteroatoms. The van der Waals surface area contributed by atoms with E-state index in [2.05, 4.69) is 60.3 Å². The zero-order valence-corrected chi connectivity index (χ0v) is 18.1. The number of thiophene rings is 1. The SMILES string of the molecule is Cc1ccc(C)c(NC(=O)N2Cc3c(sc4c3CCCC4)-n3cccc3C2C)c1. The van der Waals surface area contributed by atoms with Crippen LogP contribution in [-0.2, 0) is 19.4 Å². The van der Waals surface area contributed by atoms with Gasteiger partial charge in [-0.15, -0.1) is 11.3 Å². The summed E-state index contributed by atoms with van der Waals surface area (Å²) in [7, 11) is 0. The van der Waals surface area contributed by atoms with Crippen molar-refractivity contribution in [1.82, 2.24) is 9.47 Å². The molecule has 1 atom stereocenters. The number of rotatable bonds is 1. The first-order valence-corrected chi connectivity index (χ1v) is 11.3. The number of carbonyl (C=O) groups excluding carboxylic acids is 1. The molecule has 2 aromatic heterocycles. The Morgan fingerprint density at radius 2 is 1.97 bits per heavy atom. The largest absolute Gasteiger partial charge is 0.322 e. The minimum absolute atomic E-state index is 0.00829. The first-order valence-electron chi connectivity index (χ1n) is 10.5. The number of anilines is 1. The lowest BCUT2D eigenvalue weighted by molar-refractivity contribution is 0.189. The van der Waals surface area contributed by atoms with Crippen LogP contribution in [0.25, 0.3) is 5.00 Å². The van der Waals surface area contributed by atoms with Gasteiger partial charge >= 0.3 is 6.03 Å². The number of aryl methyl sites for hydroxylation is 3. The van der Waals surface area contributed by atoms with Gasteiger partial charge in [0, 0.05) is 28.0 Å². The van der Waals surface area contributed by atoms with E-state index < -0.39 is 0 Å². The third-order valence-electron chi connectivity index (χ3n) is 6.38. The van der Waals surface area contributed by atoms with Crippen LogP contribution in [0, 0.1) is 13.8 Å². The molecule has 5 rings (SSSR count). The fraction of sp³-hybridized carbons (Fsp3) is 0.375. The first-order chi connectivity index (χ1) is 14.0. The van der Waals surface area contributed by atoms with Crippen LogP contribution in [0.15, 0.2) is 36.5 Å². The Balaban J connectivity index is 1.55. The van der Waals surface area contributed by atoms with E-state index in [9.17, 15) is 4.79 Å². The molecule has 29 heavy (non-hydrogen) atoms. The fourth-order valence-electron chi connectivity index (χ4n) is 4.67. The highest BCUT2D eigenvalue weighted by Crippen LogP contribution is 2.42. The van der Waals surface area contributed by atoms with Gasteiger partial charge in [0.25, 0.3) is 0 Å². The number of urea groups is 1. The molecule has 1 aliphatic carbocycles. The average Bonchev–Trinajstić information content (AvgIpc) is 3.30. The van der Waals surface area contributed by atoms with Crippen molar-refractivity contribution < 1.29 is 4.79 Å². The van der Waals surface area contributed by atoms with Crippen molar-refractivity contribution in [1.29, 1.82) is 0 Å². The van der Waals surface area contributed by atoms with Crippen molar-refractivity contribution in [3.8, 4) is 5.00 Å². The molecule has 2 aliphatic rings. The molecular weight excluding hydrogens is 378 g/mol. The number of hydrogen-bond donors (Lipinski definition) is 1. The summed E-state index contributed by atoms with van der Waals surface area (Å²) in [6.45, 7) is 6.90. The number of nitrogens with zero attached hydrogens (tertiary/aromatic N) is 2. The monoisotopic (exact) mass is 405 g/mol. The maximum atomic E-state index is 13.4. The molecule has 1 N–H and O–H groups in total. The molecule has 0 radical (unpaired) electrons. The number of carbonyl (C=O) groups is 1. The van der Waals surface area contributed by atoms with Crippen LogP contribution in [0.1, 0.15) is 58.6 Å². The summed E-state index contributed by atoms with van der Waals surface area (Å²) in [5, 5.41) is 4.50. The van der Waals surface area contributed by atoms with Crippen LogP contribution in [-0.4, -0.2) is 15.5 Å². The molecule has 4 nitrogen and oxygen atoms in total. The second-order valence-electron chi connectivity index (χ2n) is 8.35. The number of nitrogens with one attached hydrogen (secondary N) is 1. The topological polar surface area (TPSA) is 37.3 Å². The highest BCUT2D eigenvalue weighted by molar-refractivity contribution is 7.15. The van der Waals surface area contributed by atoms with E-state index in [-0.39, 0.29) is 12.1 Å². The van der Waals surface area contributed by atoms with Gasteiger partial charge in [0.2, 0.25) is 0 Å². The highest BCUT2D eigenvalue weighted by atomic mass is 32.1. The summed E-state index contributed by atoms with van der Waals surface area (Å²) in [4.78, 5) is 17.0. The number of benzene rings is 1. The van der Waals surface area contributed by atoms with Crippen molar-refractivity contribution in [2.75, 3.05) is 5.32 Å². The molecule has 2 amide bonds. The molecule has 0 bridgehead atoms. The first kappa shape index (κ1) is 18.5. The normalized spacial score (nSPS) is 17.9. The van der Waals surface area contributed by atoms with Crippen molar-refractivity contribution in [3.05, 3.63) is 69.4 Å². The standard InChI is InChI=1S/C24H27N3OS/c1-15-10-11-16(2)20(13-15)25-24(28)27-14-19-18-7-4-5-9-22(18)29-23(19)26-12-6-8-21(26)17(27)3/h6,8,10-13,17H,4-5,7,9,14H2,1-3H3,(H,25,28). The second kappa shape index (κ2) is 7.06. The molecule has 150 valence electrons. The highest BCUT2D eigenvalue weighted by Gasteiger charge is 2.33. The lowest BCUT2D eigenvalue weighted by Gasteiger charge is -2.28. The number of fused-ring (bicyclic) bond motifs is 5. The van der Waals surface area contributed by atoms with Gasteiger partial charge in [-0.25, -0.2) is 4.79 Å². The van der Waals surface area contributed by atoms with Gasteiger partial charge in [-0.05, 0) is 81.3 Å². The van der Waals surface area contributed by atoms with Gasteiger partial charge in [-0.1, -0.05) is 12.1 Å². The minimum atomic E-state index is -0.0254. The molecule has 1 aliphatic heterocycles. The van der Waals surface area contributed by atoms with E-state index in [1.54, 1.807) is 0 Å². The molecule has 3 heterocycles. The molecule has 3 aromatic rings. The smallest absolute Gasteiger partial charge is 0.312 e. The molecule has 0 saturated heterocycles. The van der Waals surface area contributed by atoms with Crippen LogP contribution < -0.4 is 5.32 Å². The summed E-state index contributed by atoms with van der Waals surface area (Å²) >= 11 is 1.93. The molecule has 0 fully saturated rings. The minimum Gasteiger partial charge on any atom is -0.312 e. The lowest BCUT2D eigenvalue weighted by Crippen LogP contribution is -2.36. The zero-order valence-electron chi connectivity index (χ0n) is 17.3. The maximum Gasteiger partial charge on any atom is 0.322 e. The quantitative estimate of drug-likeness (QED) is 0.518. The Labute approximate surface area is 176 Å². The fourth-order valence-corrected chi connectivity index (χ4v) is 6.07. The van der Waals surface area contributed by atoms with Crippen LogP contribution in [0.4, 0.5) is 10.5 Å². The van der Waals surface area contributed by atoms with Gasteiger partial charge in [-0.3, -0.25) is 0 Å². The van der Waals surface area contributed by atoms with E-state index in [4.69, 9.17) is 0 Å². The Bertz CT molecular complexity index is 1090. The zero-order chi connectivity index (χ0) is 20.1. The van der Waals surface area contributed by atoms with Gasteiger partial charge < -0.3 is 14.8 Å². The molecule has 0 spiro atoms. The van der Waals surface area contributed by atoms with Crippen LogP contribution in [0.2, 0.25) is 0 Å². The number of aromatic nitrogens is 1. The Kier molecular flexibility index (Phi) is 4.50. The summed E-state index contributed by atoms with van der Waals surface area (Å²) in [6.07, 6.45) is 6.99. The van der Waals surface area contributed by atoms with Crippen LogP contribution in [0.5, 0.6) is 0 Å². The van der Waals surface area contributed by atoms with E-state index in [0.29, 0.717) is 6.54 Å². The molecule has 0 saturated carbocycles. The van der Waals surface area contributed by atoms with E-state index >= 15 is 0 Å². The third kappa shape index (κ3) is 3.08. The summed E-state index contributed by atoms with van der Waals surface area (Å²) in [5.41, 5.74) is 7.16. The average molecular weight is 406 g/mol. The van der Waals surface area contributed by atoms with Gasteiger partial charge in [0.05, 0.1) is 12.6 Å². The van der Waals surface area contributed by atoms with Crippen molar-refractivity contribution in [3.63, 3.8) is 0 Å². The van der Waals surface area contributed by atoms with Crippen molar-refractivity contribution in [2.24, 2.45) is 0 Å². The maximum absolute atomic E-state index is 13.4. The van der Waals surface area contributed by atoms with E-state index in [1.807, 2.05) is 23.2 Å². The number of amides is 2. The van der Waals surface area contributed by atoms with Gasteiger partial charge in [0.15, 0.2) is 0 Å². The Hall–Kier alpha value is -2.53. The Morgan fingerprint density at radius 3 is 2.83 bits per heavy atom. The van der Waals surface area contributed by atoms with Gasteiger partial charge in [-0.2, -0.15) is 0 Å². The van der Waals surface area contributed by atoms with Crippen LogP contribution >= 0.6 is 11.3 Å². The van der Waals surface area contributed by atoms with E-state index in [0.717, 1.165) is 23.2 Å². The summed E-state index contributed by atoms with van der Waals surface area (Å²) in [5.74, 6) is 0. The summed E-state index contributed by atoms with van der Waals surface area (Å²) in [6, 6.07) is 10.4. The molecule has 1 aromatic carbocycles. The van der Waals surface area contributed by atoms with Crippen molar-refractivity contribution >= 4 is 23.1 Å². The van der Waals surface area contributed by atoms with Gasteiger partial charge in [0.1, 0.15) is 5.00 Å². The molecule has 1 unspecified atom stereocenters. The van der Waals surface area contributed by atoms with E-state index in [1.165, 1.54) is 46.0 Å². The predicted octanol–water partition coefficient (Wildman–Crippen LogP) is 6.14. The van der Waals surface area contributed by atoms with Crippen molar-refractivity contribution in [2.45, 2.75) is 59.0 Å². The third-order valence-corrected chi connectivity index (χ3v) is 7.71. The van der Waals surface area contributed by atoms with Crippen LogP contribution in [0.3, 0.4) is 0 Å². The lowest BCUT2D eigenvalue weighted by atomic mass is 9.95. The predicted molar refractivity (Wildman–Crippen MR) is 119 cm³/mol. The number of hydrogen-bond acceptors (Lipinski definition) is 2.